The molecule has 0 radical (unpaired) electrons. The normalized spacial score (nSPS) is 13.2. The van der Waals surface area contributed by atoms with Crippen molar-refractivity contribution < 1.29 is 0 Å². The number of hydrazine groups is 1. The van der Waals surface area contributed by atoms with Crippen molar-refractivity contribution in [2.75, 3.05) is 0 Å². The molecule has 1 aliphatic carbocycles. The smallest absolute Gasteiger partial charge is 0.182 e. The van der Waals surface area contributed by atoms with E-state index in [0.29, 0.717) is 0 Å². The molecule has 1 rings (SSSR count). The Morgan fingerprint density at radius 1 is 1.33 bits per heavy atom. The van der Waals surface area contributed by atoms with Crippen molar-refractivity contribution in [3.8, 4) is 0 Å². The third kappa shape index (κ3) is 2.39. The minimum absolute atomic E-state index is 0.237. The predicted molar refractivity (Wildman–Crippen MR) is 54.0 cm³/mol. The van der Waals surface area contributed by atoms with E-state index in [4.69, 9.17) is 5.73 Å². The van der Waals surface area contributed by atoms with E-state index in [0.717, 1.165) is 11.3 Å². The molecule has 0 heterocycles. The number of nitrogens with two attached hydrogens (primary N) is 1. The Balaban J connectivity index is 2.52. The van der Waals surface area contributed by atoms with Gasteiger partial charge in [-0.05, 0) is 24.7 Å². The van der Waals surface area contributed by atoms with Crippen LogP contribution in [0.1, 0.15) is 6.92 Å². The monoisotopic (exact) mass is 181 g/mol. The molecule has 12 heavy (non-hydrogen) atoms. The van der Waals surface area contributed by atoms with Crippen LogP contribution in [0.15, 0.2) is 35.6 Å². The number of nitrogens with one attached hydrogen (secondary N) is 2. The topological polar surface area (TPSA) is 50.1 Å². The first-order valence-electron chi connectivity index (χ1n) is 3.57. The summed E-state index contributed by atoms with van der Waals surface area (Å²) in [7, 11) is 0. The molecular formula is C8H11N3S. The van der Waals surface area contributed by atoms with Gasteiger partial charge >= 0.3 is 0 Å². The van der Waals surface area contributed by atoms with Crippen LogP contribution in [0.5, 0.6) is 0 Å². The van der Waals surface area contributed by atoms with Gasteiger partial charge in [0, 0.05) is 5.70 Å². The third-order valence-electron chi connectivity index (χ3n) is 1.47. The summed E-state index contributed by atoms with van der Waals surface area (Å²) in [4.78, 5) is 0. The van der Waals surface area contributed by atoms with Crippen LogP contribution < -0.4 is 16.6 Å². The van der Waals surface area contributed by atoms with Crippen LogP contribution in [0.3, 0.4) is 0 Å². The molecule has 0 saturated heterocycles. The van der Waals surface area contributed by atoms with Crippen LogP contribution in [0.4, 0.5) is 0 Å². The lowest BCUT2D eigenvalue weighted by Crippen LogP contribution is -2.39. The second kappa shape index (κ2) is 3.92. The van der Waals surface area contributed by atoms with Gasteiger partial charge in [-0.2, -0.15) is 0 Å². The van der Waals surface area contributed by atoms with E-state index in [-0.39, 0.29) is 5.11 Å². The lowest BCUT2D eigenvalue weighted by atomic mass is 10.2. The molecule has 0 aromatic carbocycles. The maximum atomic E-state index is 5.24. The first-order chi connectivity index (χ1) is 5.70. The van der Waals surface area contributed by atoms with Crippen LogP contribution in [0.2, 0.25) is 0 Å². The van der Waals surface area contributed by atoms with Gasteiger partial charge in [-0.15, -0.1) is 0 Å². The summed E-state index contributed by atoms with van der Waals surface area (Å²) in [5.74, 6) is 0. The highest BCUT2D eigenvalue weighted by Gasteiger charge is 1.97. The minimum atomic E-state index is 0.237. The van der Waals surface area contributed by atoms with Gasteiger partial charge in [-0.3, -0.25) is 5.43 Å². The molecule has 0 amide bonds. The molecule has 1 aliphatic rings. The zero-order valence-electron chi connectivity index (χ0n) is 6.79. The fourth-order valence-electron chi connectivity index (χ4n) is 0.852. The van der Waals surface area contributed by atoms with Gasteiger partial charge in [-0.25, -0.2) is 0 Å². The van der Waals surface area contributed by atoms with E-state index in [9.17, 15) is 0 Å². The van der Waals surface area contributed by atoms with Gasteiger partial charge in [0.2, 0.25) is 0 Å². The molecule has 0 aliphatic heterocycles. The van der Waals surface area contributed by atoms with Crippen LogP contribution >= 0.6 is 12.2 Å². The fourth-order valence-corrected chi connectivity index (χ4v) is 0.903. The van der Waals surface area contributed by atoms with Crippen LogP contribution in [0.25, 0.3) is 0 Å². The molecule has 0 aromatic heterocycles. The molecule has 0 saturated carbocycles. The van der Waals surface area contributed by atoms with E-state index in [1.54, 1.807) is 0 Å². The van der Waals surface area contributed by atoms with Crippen molar-refractivity contribution in [2.24, 2.45) is 5.73 Å². The Morgan fingerprint density at radius 3 is 2.42 bits per heavy atom. The summed E-state index contributed by atoms with van der Waals surface area (Å²) < 4.78 is 0. The Kier molecular flexibility index (Phi) is 2.88. The third-order valence-corrected chi connectivity index (χ3v) is 1.57. The molecule has 0 spiro atoms. The highest BCUT2D eigenvalue weighted by atomic mass is 32.1. The van der Waals surface area contributed by atoms with Gasteiger partial charge in [0.15, 0.2) is 5.11 Å². The Labute approximate surface area is 77.0 Å². The van der Waals surface area contributed by atoms with Crippen molar-refractivity contribution in [1.82, 2.24) is 10.9 Å². The number of hydrogen-bond acceptors (Lipinski definition) is 2. The summed E-state index contributed by atoms with van der Waals surface area (Å²) >= 11 is 4.63. The van der Waals surface area contributed by atoms with E-state index in [1.165, 1.54) is 0 Å². The van der Waals surface area contributed by atoms with Crippen molar-refractivity contribution in [3.63, 3.8) is 0 Å². The van der Waals surface area contributed by atoms with Gasteiger partial charge in [-0.1, -0.05) is 24.3 Å². The van der Waals surface area contributed by atoms with Crippen molar-refractivity contribution >= 4 is 17.3 Å². The van der Waals surface area contributed by atoms with Gasteiger partial charge < -0.3 is 11.2 Å². The van der Waals surface area contributed by atoms with E-state index in [1.807, 2.05) is 31.2 Å². The molecule has 0 atom stereocenters. The molecule has 0 aromatic rings. The van der Waals surface area contributed by atoms with Crippen molar-refractivity contribution in [3.05, 3.63) is 35.6 Å². The molecule has 64 valence electrons. The van der Waals surface area contributed by atoms with Crippen molar-refractivity contribution in [1.29, 1.82) is 0 Å². The SMILES string of the molecule is CC(NNC(N)=S)=C1C=CC=C1. The van der Waals surface area contributed by atoms with Crippen LogP contribution in [0, 0.1) is 0 Å². The quantitative estimate of drug-likeness (QED) is 0.434. The number of allylic oxidation sites excluding steroid dienone is 6. The van der Waals surface area contributed by atoms with E-state index < -0.39 is 0 Å². The summed E-state index contributed by atoms with van der Waals surface area (Å²) in [6.45, 7) is 1.95. The lowest BCUT2D eigenvalue weighted by Gasteiger charge is -2.08. The summed E-state index contributed by atoms with van der Waals surface area (Å²) in [5, 5.41) is 0.237. The fraction of sp³-hybridized carbons (Fsp3) is 0.125. The maximum absolute atomic E-state index is 5.24. The average molecular weight is 181 g/mol. The highest BCUT2D eigenvalue weighted by Crippen LogP contribution is 2.09. The molecule has 3 nitrogen and oxygen atoms in total. The zero-order valence-corrected chi connectivity index (χ0v) is 7.61. The first kappa shape index (κ1) is 8.80. The van der Waals surface area contributed by atoms with E-state index in [2.05, 4.69) is 23.1 Å². The standard InChI is InChI=1S/C8H11N3S/c1-6(10-11-8(9)12)7-4-2-3-5-7/h2-5,10H,1H3,(H3,9,11,12). The largest absolute Gasteiger partial charge is 0.375 e. The van der Waals surface area contributed by atoms with Crippen LogP contribution in [-0.2, 0) is 0 Å². The summed E-state index contributed by atoms with van der Waals surface area (Å²) in [5.41, 5.74) is 12.9. The molecular weight excluding hydrogens is 170 g/mol. The van der Waals surface area contributed by atoms with Crippen LogP contribution in [-0.4, -0.2) is 5.11 Å². The zero-order chi connectivity index (χ0) is 8.97. The van der Waals surface area contributed by atoms with Gasteiger partial charge in [0.25, 0.3) is 0 Å². The molecule has 4 heteroatoms. The Morgan fingerprint density at radius 2 is 1.92 bits per heavy atom. The number of rotatable bonds is 2. The van der Waals surface area contributed by atoms with Crippen molar-refractivity contribution in [2.45, 2.75) is 6.92 Å². The number of thiocarbonyl (C=S) groups is 1. The minimum Gasteiger partial charge on any atom is -0.375 e. The maximum Gasteiger partial charge on any atom is 0.182 e. The van der Waals surface area contributed by atoms with Gasteiger partial charge in [0.05, 0.1) is 0 Å². The molecule has 0 unspecified atom stereocenters. The van der Waals surface area contributed by atoms with E-state index >= 15 is 0 Å². The average Bonchev–Trinajstić information content (AvgIpc) is 2.51. The predicted octanol–water partition coefficient (Wildman–Crippen LogP) is 0.724. The molecule has 0 bridgehead atoms. The second-order valence-corrected chi connectivity index (χ2v) is 2.85. The first-order valence-corrected chi connectivity index (χ1v) is 3.98. The Hall–Kier alpha value is -1.29. The number of hydrogen-bond donors (Lipinski definition) is 3. The summed E-state index contributed by atoms with van der Waals surface area (Å²) in [6.07, 6.45) is 7.95. The molecule has 0 fully saturated rings. The Bertz CT molecular complexity index is 262. The summed E-state index contributed by atoms with van der Waals surface area (Å²) in [6, 6.07) is 0. The molecule has 4 N–H and O–H groups in total. The second-order valence-electron chi connectivity index (χ2n) is 2.41. The lowest BCUT2D eigenvalue weighted by molar-refractivity contribution is 0.764. The van der Waals surface area contributed by atoms with Gasteiger partial charge in [0.1, 0.15) is 0 Å². The highest BCUT2D eigenvalue weighted by molar-refractivity contribution is 7.80.